The fraction of sp³-hybridized carbons (Fsp3) is 0.214. The highest BCUT2D eigenvalue weighted by molar-refractivity contribution is 5.87. The van der Waals surface area contributed by atoms with Crippen LogP contribution in [0.25, 0.3) is 5.65 Å². The Labute approximate surface area is 120 Å². The van der Waals surface area contributed by atoms with Crippen LogP contribution in [0.4, 0.5) is 0 Å². The summed E-state index contributed by atoms with van der Waals surface area (Å²) in [5, 5.41) is 20.2. The number of carboxylic acids is 1. The van der Waals surface area contributed by atoms with Crippen molar-refractivity contribution in [3.8, 4) is 0 Å². The molecule has 7 heteroatoms. The van der Waals surface area contributed by atoms with Crippen molar-refractivity contribution in [2.75, 3.05) is 6.54 Å². The van der Waals surface area contributed by atoms with Crippen LogP contribution in [0.1, 0.15) is 21.9 Å². The van der Waals surface area contributed by atoms with Gasteiger partial charge in [-0.1, -0.05) is 6.07 Å². The molecule has 7 nitrogen and oxygen atoms in total. The molecule has 0 bridgehead atoms. The van der Waals surface area contributed by atoms with Gasteiger partial charge in [0.05, 0.1) is 12.1 Å². The molecule has 0 aromatic carbocycles. The standard InChI is InChI=1S/C14H14N4O3/c19-14(20)10-7-11(21-9-10)8-15-5-4-13-17-16-12-3-1-2-6-18(12)13/h1-3,6-7,9,15H,4-5,8H2,(H,19,20). The first kappa shape index (κ1) is 13.3. The number of pyridine rings is 1. The summed E-state index contributed by atoms with van der Waals surface area (Å²) in [4.78, 5) is 10.7. The van der Waals surface area contributed by atoms with Crippen molar-refractivity contribution in [1.29, 1.82) is 0 Å². The second-order valence-corrected chi connectivity index (χ2v) is 4.58. The molecule has 0 fully saturated rings. The Kier molecular flexibility index (Phi) is 3.65. The van der Waals surface area contributed by atoms with E-state index in [2.05, 4.69) is 15.5 Å². The van der Waals surface area contributed by atoms with Gasteiger partial charge < -0.3 is 14.8 Å². The first-order chi connectivity index (χ1) is 10.2. The molecule has 108 valence electrons. The van der Waals surface area contributed by atoms with E-state index < -0.39 is 5.97 Å². The minimum atomic E-state index is -0.986. The van der Waals surface area contributed by atoms with Gasteiger partial charge >= 0.3 is 5.97 Å². The molecule has 0 saturated heterocycles. The summed E-state index contributed by atoms with van der Waals surface area (Å²) in [5.74, 6) is 0.488. The molecule has 0 aliphatic heterocycles. The molecule has 0 aliphatic rings. The number of fused-ring (bicyclic) bond motifs is 1. The molecule has 3 rings (SSSR count). The Hall–Kier alpha value is -2.67. The first-order valence-corrected chi connectivity index (χ1v) is 6.54. The number of aromatic carboxylic acids is 1. The van der Waals surface area contributed by atoms with Crippen molar-refractivity contribution < 1.29 is 14.3 Å². The van der Waals surface area contributed by atoms with E-state index in [0.29, 0.717) is 18.8 Å². The van der Waals surface area contributed by atoms with Crippen molar-refractivity contribution in [1.82, 2.24) is 19.9 Å². The van der Waals surface area contributed by atoms with Gasteiger partial charge in [0, 0.05) is 19.2 Å². The number of hydrogen-bond acceptors (Lipinski definition) is 5. The second kappa shape index (κ2) is 5.76. The van der Waals surface area contributed by atoms with Crippen LogP contribution in [0.2, 0.25) is 0 Å². The number of rotatable bonds is 6. The van der Waals surface area contributed by atoms with Crippen molar-refractivity contribution >= 4 is 11.6 Å². The van der Waals surface area contributed by atoms with Crippen LogP contribution in [0, 0.1) is 0 Å². The zero-order chi connectivity index (χ0) is 14.7. The minimum absolute atomic E-state index is 0.162. The summed E-state index contributed by atoms with van der Waals surface area (Å²) in [6.07, 6.45) is 3.89. The molecular formula is C14H14N4O3. The first-order valence-electron chi connectivity index (χ1n) is 6.54. The van der Waals surface area contributed by atoms with Crippen molar-refractivity contribution in [3.05, 3.63) is 53.9 Å². The van der Waals surface area contributed by atoms with Crippen molar-refractivity contribution in [3.63, 3.8) is 0 Å². The lowest BCUT2D eigenvalue weighted by Crippen LogP contribution is -2.17. The largest absolute Gasteiger partial charge is 0.478 e. The van der Waals surface area contributed by atoms with Gasteiger partial charge in [-0.2, -0.15) is 0 Å². The number of furan rings is 1. The minimum Gasteiger partial charge on any atom is -0.478 e. The Balaban J connectivity index is 1.53. The number of carbonyl (C=O) groups is 1. The van der Waals surface area contributed by atoms with Crippen LogP contribution >= 0.6 is 0 Å². The highest BCUT2D eigenvalue weighted by Gasteiger charge is 2.08. The summed E-state index contributed by atoms with van der Waals surface area (Å²) in [7, 11) is 0. The average molecular weight is 286 g/mol. The summed E-state index contributed by atoms with van der Waals surface area (Å²) in [6, 6.07) is 7.27. The second-order valence-electron chi connectivity index (χ2n) is 4.58. The molecule has 0 unspecified atom stereocenters. The molecule has 0 amide bonds. The lowest BCUT2D eigenvalue weighted by atomic mass is 10.3. The fourth-order valence-corrected chi connectivity index (χ4v) is 2.06. The molecular weight excluding hydrogens is 272 g/mol. The number of nitrogens with zero attached hydrogens (tertiary/aromatic N) is 3. The highest BCUT2D eigenvalue weighted by atomic mass is 16.4. The van der Waals surface area contributed by atoms with E-state index in [-0.39, 0.29) is 5.56 Å². The van der Waals surface area contributed by atoms with E-state index in [4.69, 9.17) is 9.52 Å². The molecule has 3 aromatic rings. The third-order valence-corrected chi connectivity index (χ3v) is 3.11. The summed E-state index contributed by atoms with van der Waals surface area (Å²) >= 11 is 0. The predicted octanol–water partition coefficient (Wildman–Crippen LogP) is 1.35. The number of nitrogens with one attached hydrogen (secondary N) is 1. The van der Waals surface area contributed by atoms with Crippen LogP contribution in [-0.4, -0.2) is 32.2 Å². The summed E-state index contributed by atoms with van der Waals surface area (Å²) in [5.41, 5.74) is 0.986. The average Bonchev–Trinajstić information content (AvgIpc) is 3.11. The van der Waals surface area contributed by atoms with Crippen LogP contribution < -0.4 is 5.32 Å². The Bertz CT molecular complexity index is 762. The topological polar surface area (TPSA) is 92.7 Å². The lowest BCUT2D eigenvalue weighted by Gasteiger charge is -2.01. The van der Waals surface area contributed by atoms with E-state index in [1.165, 1.54) is 12.3 Å². The van der Waals surface area contributed by atoms with Gasteiger partial charge in [-0.05, 0) is 18.2 Å². The van der Waals surface area contributed by atoms with Gasteiger partial charge in [-0.15, -0.1) is 10.2 Å². The maximum Gasteiger partial charge on any atom is 0.338 e. The van der Waals surface area contributed by atoms with Crippen LogP contribution in [0.5, 0.6) is 0 Å². The van der Waals surface area contributed by atoms with E-state index in [1.54, 1.807) is 0 Å². The van der Waals surface area contributed by atoms with Crippen LogP contribution in [-0.2, 0) is 13.0 Å². The fourth-order valence-electron chi connectivity index (χ4n) is 2.06. The molecule has 3 aromatic heterocycles. The summed E-state index contributed by atoms with van der Waals surface area (Å²) in [6.45, 7) is 1.17. The summed E-state index contributed by atoms with van der Waals surface area (Å²) < 4.78 is 7.10. The van der Waals surface area contributed by atoms with E-state index in [0.717, 1.165) is 17.9 Å². The third-order valence-electron chi connectivity index (χ3n) is 3.11. The van der Waals surface area contributed by atoms with Crippen molar-refractivity contribution in [2.45, 2.75) is 13.0 Å². The lowest BCUT2D eigenvalue weighted by molar-refractivity contribution is 0.0696. The van der Waals surface area contributed by atoms with Gasteiger partial charge in [0.15, 0.2) is 5.65 Å². The number of hydrogen-bond donors (Lipinski definition) is 2. The molecule has 0 atom stereocenters. The van der Waals surface area contributed by atoms with E-state index in [9.17, 15) is 4.79 Å². The maximum absolute atomic E-state index is 10.7. The number of aromatic nitrogens is 3. The molecule has 0 radical (unpaired) electrons. The van der Waals surface area contributed by atoms with Gasteiger partial charge in [-0.25, -0.2) is 4.79 Å². The van der Waals surface area contributed by atoms with E-state index in [1.807, 2.05) is 28.8 Å². The van der Waals surface area contributed by atoms with Gasteiger partial charge in [-0.3, -0.25) is 4.40 Å². The normalized spacial score (nSPS) is 11.0. The molecule has 0 saturated carbocycles. The maximum atomic E-state index is 10.7. The van der Waals surface area contributed by atoms with Crippen LogP contribution in [0.3, 0.4) is 0 Å². The molecule has 0 aliphatic carbocycles. The zero-order valence-electron chi connectivity index (χ0n) is 11.2. The van der Waals surface area contributed by atoms with Gasteiger partial charge in [0.2, 0.25) is 0 Å². The zero-order valence-corrected chi connectivity index (χ0v) is 11.2. The third kappa shape index (κ3) is 2.92. The molecule has 0 spiro atoms. The quantitative estimate of drug-likeness (QED) is 0.664. The van der Waals surface area contributed by atoms with Gasteiger partial charge in [0.1, 0.15) is 17.8 Å². The smallest absolute Gasteiger partial charge is 0.338 e. The van der Waals surface area contributed by atoms with Crippen LogP contribution in [0.15, 0.2) is 41.1 Å². The Morgan fingerprint density at radius 1 is 1.38 bits per heavy atom. The molecule has 3 heterocycles. The van der Waals surface area contributed by atoms with Gasteiger partial charge in [0.25, 0.3) is 0 Å². The monoisotopic (exact) mass is 286 g/mol. The number of carboxylic acid groups (broad SMARTS) is 1. The SMILES string of the molecule is O=C(O)c1coc(CNCCc2nnc3ccccn23)c1. The van der Waals surface area contributed by atoms with Crippen molar-refractivity contribution in [2.24, 2.45) is 0 Å². The predicted molar refractivity (Wildman–Crippen MR) is 74.1 cm³/mol. The molecule has 2 N–H and O–H groups in total. The van der Waals surface area contributed by atoms with E-state index >= 15 is 0 Å². The highest BCUT2D eigenvalue weighted by Crippen LogP contribution is 2.07. The Morgan fingerprint density at radius 3 is 3.10 bits per heavy atom. The Morgan fingerprint density at radius 2 is 2.29 bits per heavy atom. The molecule has 21 heavy (non-hydrogen) atoms.